The number of carbonyl (C=O) groups excluding carboxylic acids is 2. The third-order valence-electron chi connectivity index (χ3n) is 4.35. The lowest BCUT2D eigenvalue weighted by Gasteiger charge is -2.05. The van der Waals surface area contributed by atoms with Crippen LogP contribution >= 0.6 is 0 Å². The zero-order valence-corrected chi connectivity index (χ0v) is 14.3. The molecule has 2 aliphatic rings. The molecule has 2 aromatic heterocycles. The van der Waals surface area contributed by atoms with Gasteiger partial charge in [0.25, 0.3) is 0 Å². The van der Waals surface area contributed by atoms with Crippen molar-refractivity contribution in [3.05, 3.63) is 48.0 Å². The van der Waals surface area contributed by atoms with Crippen LogP contribution in [0.1, 0.15) is 24.2 Å². The Morgan fingerprint density at radius 3 is 1.65 bits per heavy atom. The van der Waals surface area contributed by atoms with Gasteiger partial charge in [-0.2, -0.15) is 0 Å². The molecule has 2 aromatic rings. The Balaban J connectivity index is 0.000000151. The van der Waals surface area contributed by atoms with Crippen LogP contribution in [0.5, 0.6) is 0 Å². The molecule has 4 rings (SSSR count). The number of nitrogens with one attached hydrogen (secondary N) is 2. The van der Waals surface area contributed by atoms with Gasteiger partial charge < -0.3 is 22.1 Å². The molecule has 0 bridgehead atoms. The van der Waals surface area contributed by atoms with Crippen LogP contribution in [-0.2, 0) is 22.4 Å². The maximum absolute atomic E-state index is 11.3. The van der Waals surface area contributed by atoms with E-state index in [4.69, 9.17) is 11.5 Å². The van der Waals surface area contributed by atoms with Gasteiger partial charge in [0, 0.05) is 12.4 Å². The maximum Gasteiger partial charge on any atom is 0.241 e. The summed E-state index contributed by atoms with van der Waals surface area (Å²) in [6, 6.07) is 6.48. The first-order valence-corrected chi connectivity index (χ1v) is 8.55. The largest absolute Gasteiger partial charge is 0.323 e. The molecule has 0 unspecified atom stereocenters. The van der Waals surface area contributed by atoms with E-state index in [2.05, 4.69) is 20.6 Å². The summed E-state index contributed by atoms with van der Waals surface area (Å²) >= 11 is 0. The van der Waals surface area contributed by atoms with Crippen molar-refractivity contribution in [2.75, 3.05) is 10.6 Å². The molecule has 0 saturated heterocycles. The number of amides is 2. The van der Waals surface area contributed by atoms with Crippen molar-refractivity contribution in [1.82, 2.24) is 9.97 Å². The van der Waals surface area contributed by atoms with Gasteiger partial charge in [0.15, 0.2) is 0 Å². The molecule has 6 N–H and O–H groups in total. The van der Waals surface area contributed by atoms with Gasteiger partial charge in [0.1, 0.15) is 0 Å². The van der Waals surface area contributed by atoms with E-state index >= 15 is 0 Å². The molecule has 2 atom stereocenters. The van der Waals surface area contributed by atoms with E-state index in [1.165, 1.54) is 0 Å². The molecule has 0 aliphatic carbocycles. The molecule has 0 fully saturated rings. The number of hydrogen-bond donors (Lipinski definition) is 4. The normalized spacial score (nSPS) is 21.6. The van der Waals surface area contributed by atoms with Crippen molar-refractivity contribution in [3.63, 3.8) is 0 Å². The smallest absolute Gasteiger partial charge is 0.241 e. The minimum absolute atomic E-state index is 0.119. The Hall–Kier alpha value is -2.84. The second-order valence-electron chi connectivity index (χ2n) is 6.26. The average molecular weight is 354 g/mol. The van der Waals surface area contributed by atoms with Crippen LogP contribution in [0.25, 0.3) is 0 Å². The molecule has 2 aliphatic heterocycles. The van der Waals surface area contributed by atoms with Gasteiger partial charge in [0.05, 0.1) is 34.8 Å². The summed E-state index contributed by atoms with van der Waals surface area (Å²) in [6.45, 7) is 0. The summed E-state index contributed by atoms with van der Waals surface area (Å²) in [5, 5.41) is 5.49. The first-order chi connectivity index (χ1) is 12.5. The Morgan fingerprint density at radius 1 is 0.808 bits per heavy atom. The van der Waals surface area contributed by atoms with Crippen molar-refractivity contribution in [1.29, 1.82) is 0 Å². The van der Waals surface area contributed by atoms with Gasteiger partial charge >= 0.3 is 0 Å². The molecule has 0 aromatic carbocycles. The predicted molar refractivity (Wildman–Crippen MR) is 98.3 cm³/mol. The Morgan fingerprint density at radius 2 is 1.23 bits per heavy atom. The summed E-state index contributed by atoms with van der Waals surface area (Å²) in [7, 11) is 0. The molecule has 0 spiro atoms. The van der Waals surface area contributed by atoms with Crippen LogP contribution < -0.4 is 22.1 Å². The van der Waals surface area contributed by atoms with E-state index < -0.39 is 12.1 Å². The van der Waals surface area contributed by atoms with E-state index in [-0.39, 0.29) is 11.8 Å². The highest BCUT2D eigenvalue weighted by Crippen LogP contribution is 2.19. The lowest BCUT2D eigenvalue weighted by molar-refractivity contribution is -0.118. The predicted octanol–water partition coefficient (Wildman–Crippen LogP) is 0.587. The second-order valence-corrected chi connectivity index (χ2v) is 6.26. The quantitative estimate of drug-likeness (QED) is 0.546. The number of fused-ring (bicyclic) bond motifs is 2. The number of hydrogen-bond acceptors (Lipinski definition) is 6. The van der Waals surface area contributed by atoms with Gasteiger partial charge in [0.2, 0.25) is 11.8 Å². The summed E-state index contributed by atoms with van der Waals surface area (Å²) < 4.78 is 0. The minimum Gasteiger partial charge on any atom is -0.323 e. The molecule has 0 radical (unpaired) electrons. The topological polar surface area (TPSA) is 136 Å². The number of nitrogens with zero attached hydrogens (tertiary/aromatic N) is 2. The first-order valence-electron chi connectivity index (χ1n) is 8.55. The van der Waals surface area contributed by atoms with E-state index in [0.29, 0.717) is 12.8 Å². The Labute approximate surface area is 151 Å². The molecule has 8 nitrogen and oxygen atoms in total. The van der Waals surface area contributed by atoms with Crippen molar-refractivity contribution < 1.29 is 9.59 Å². The van der Waals surface area contributed by atoms with Gasteiger partial charge in [-0.1, -0.05) is 0 Å². The molecular weight excluding hydrogens is 332 g/mol. The van der Waals surface area contributed by atoms with E-state index in [1.54, 1.807) is 24.5 Å². The molecule has 0 saturated carbocycles. The first kappa shape index (κ1) is 18.0. The zero-order chi connectivity index (χ0) is 18.5. The maximum atomic E-state index is 11.3. The van der Waals surface area contributed by atoms with Gasteiger partial charge in [-0.25, -0.2) is 0 Å². The second kappa shape index (κ2) is 8.03. The van der Waals surface area contributed by atoms with E-state index in [9.17, 15) is 9.59 Å². The molecule has 136 valence electrons. The van der Waals surface area contributed by atoms with Crippen LogP contribution in [-0.4, -0.2) is 33.9 Å². The molecule has 2 amide bonds. The summed E-state index contributed by atoms with van der Waals surface area (Å²) in [5.74, 6) is -0.237. The number of anilines is 2. The SMILES string of the molecule is N[C@@H]1CCc2ncccc2NC1=O.N[C@H]1CCc2ncccc2NC1=O. The van der Waals surface area contributed by atoms with Gasteiger partial charge in [-0.15, -0.1) is 0 Å². The fourth-order valence-corrected chi connectivity index (χ4v) is 2.80. The van der Waals surface area contributed by atoms with Crippen molar-refractivity contribution >= 4 is 23.2 Å². The fourth-order valence-electron chi connectivity index (χ4n) is 2.80. The van der Waals surface area contributed by atoms with Crippen LogP contribution in [0.2, 0.25) is 0 Å². The lowest BCUT2D eigenvalue weighted by atomic mass is 10.1. The molecule has 8 heteroatoms. The highest BCUT2D eigenvalue weighted by Gasteiger charge is 2.20. The summed E-state index contributed by atoms with van der Waals surface area (Å²) in [4.78, 5) is 31.0. The van der Waals surface area contributed by atoms with Gasteiger partial charge in [-0.3, -0.25) is 19.6 Å². The number of aromatic nitrogens is 2. The van der Waals surface area contributed by atoms with Crippen LogP contribution in [0, 0.1) is 0 Å². The Kier molecular flexibility index (Phi) is 5.55. The van der Waals surface area contributed by atoms with Crippen LogP contribution in [0.3, 0.4) is 0 Å². The number of nitrogens with two attached hydrogens (primary N) is 2. The lowest BCUT2D eigenvalue weighted by Crippen LogP contribution is -2.34. The third-order valence-corrected chi connectivity index (χ3v) is 4.35. The number of rotatable bonds is 0. The van der Waals surface area contributed by atoms with E-state index in [0.717, 1.165) is 35.6 Å². The van der Waals surface area contributed by atoms with Crippen molar-refractivity contribution in [2.45, 2.75) is 37.8 Å². The fraction of sp³-hybridized carbons (Fsp3) is 0.333. The number of pyridine rings is 2. The highest BCUT2D eigenvalue weighted by molar-refractivity contribution is 5.96. The van der Waals surface area contributed by atoms with Gasteiger partial charge in [-0.05, 0) is 49.9 Å². The number of aryl methyl sites for hydroxylation is 2. The van der Waals surface area contributed by atoms with Crippen LogP contribution in [0.4, 0.5) is 11.4 Å². The van der Waals surface area contributed by atoms with Crippen molar-refractivity contribution in [2.24, 2.45) is 11.5 Å². The third kappa shape index (κ3) is 4.22. The minimum atomic E-state index is -0.408. The average Bonchev–Trinajstić information content (AvgIpc) is 2.89. The summed E-state index contributed by atoms with van der Waals surface area (Å²) in [6.07, 6.45) is 6.29. The highest BCUT2D eigenvalue weighted by atomic mass is 16.2. The zero-order valence-electron chi connectivity index (χ0n) is 14.3. The van der Waals surface area contributed by atoms with E-state index in [1.807, 2.05) is 12.1 Å². The molecular formula is C18H22N6O2. The number of carbonyl (C=O) groups is 2. The van der Waals surface area contributed by atoms with Crippen molar-refractivity contribution in [3.8, 4) is 0 Å². The molecule has 26 heavy (non-hydrogen) atoms. The summed E-state index contributed by atoms with van der Waals surface area (Å²) in [5.41, 5.74) is 14.7. The molecule has 4 heterocycles. The Bertz CT molecular complexity index is 742. The monoisotopic (exact) mass is 354 g/mol. The standard InChI is InChI=1S/2C9H11N3O/c2*10-6-3-4-7-8(12-9(6)13)2-1-5-11-7/h2*1-2,5-6H,3-4,10H2,(H,12,13)/t2*6-/m10/s1. The van der Waals surface area contributed by atoms with Crippen LogP contribution in [0.15, 0.2) is 36.7 Å².